The molecule has 23 heavy (non-hydrogen) atoms. The van der Waals surface area contributed by atoms with E-state index in [1.165, 1.54) is 7.11 Å². The van der Waals surface area contributed by atoms with Gasteiger partial charge in [-0.2, -0.15) is 0 Å². The van der Waals surface area contributed by atoms with Crippen molar-refractivity contribution in [1.29, 1.82) is 0 Å². The number of halogens is 1. The second-order valence-corrected chi connectivity index (χ2v) is 5.85. The van der Waals surface area contributed by atoms with Crippen LogP contribution in [0.3, 0.4) is 0 Å². The number of nitrogens with zero attached hydrogens (tertiary/aromatic N) is 2. The Balaban J connectivity index is 1.96. The largest absolute Gasteiger partial charge is 0.375 e. The molecule has 0 atom stereocenters. The van der Waals surface area contributed by atoms with Crippen LogP contribution < -0.4 is 0 Å². The van der Waals surface area contributed by atoms with Crippen molar-refractivity contribution >= 4 is 29.0 Å². The number of amides is 2. The van der Waals surface area contributed by atoms with Crippen LogP contribution in [0.15, 0.2) is 30.3 Å². The van der Waals surface area contributed by atoms with E-state index in [0.29, 0.717) is 31.2 Å². The summed E-state index contributed by atoms with van der Waals surface area (Å²) < 4.78 is 4.85. The molecule has 1 aliphatic rings. The number of ether oxygens (including phenoxy) is 1. The molecule has 1 aromatic rings. The summed E-state index contributed by atoms with van der Waals surface area (Å²) in [7, 11) is 1.50. The fraction of sp³-hybridized carbons (Fsp3) is 0.412. The van der Waals surface area contributed by atoms with E-state index in [0.717, 1.165) is 11.1 Å². The van der Waals surface area contributed by atoms with E-state index in [1.807, 2.05) is 25.1 Å². The Labute approximate surface area is 141 Å². The number of carbonyl (C=O) groups is 2. The molecule has 5 nitrogen and oxygen atoms in total. The molecule has 0 bridgehead atoms. The summed E-state index contributed by atoms with van der Waals surface area (Å²) in [6.07, 6.45) is 1.61. The van der Waals surface area contributed by atoms with Crippen LogP contribution in [0, 0.1) is 0 Å². The molecule has 124 valence electrons. The van der Waals surface area contributed by atoms with Crippen LogP contribution in [0.1, 0.15) is 12.5 Å². The van der Waals surface area contributed by atoms with Crippen molar-refractivity contribution in [1.82, 2.24) is 9.80 Å². The maximum atomic E-state index is 12.4. The zero-order valence-electron chi connectivity index (χ0n) is 13.4. The van der Waals surface area contributed by atoms with Crippen molar-refractivity contribution in [3.05, 3.63) is 40.9 Å². The average molecular weight is 337 g/mol. The van der Waals surface area contributed by atoms with Crippen LogP contribution >= 0.6 is 11.6 Å². The lowest BCUT2D eigenvalue weighted by Gasteiger charge is -2.34. The summed E-state index contributed by atoms with van der Waals surface area (Å²) in [5.74, 6) is -0.0938. The summed E-state index contributed by atoms with van der Waals surface area (Å²) in [6, 6.07) is 7.45. The van der Waals surface area contributed by atoms with Crippen molar-refractivity contribution in [2.24, 2.45) is 0 Å². The third kappa shape index (κ3) is 4.56. The average Bonchev–Trinajstić information content (AvgIpc) is 2.55. The summed E-state index contributed by atoms with van der Waals surface area (Å²) in [5.41, 5.74) is 1.69. The number of carbonyl (C=O) groups excluding carboxylic acids is 2. The van der Waals surface area contributed by atoms with Gasteiger partial charge in [0.25, 0.3) is 0 Å². The predicted molar refractivity (Wildman–Crippen MR) is 90.1 cm³/mol. The molecule has 1 fully saturated rings. The molecule has 1 saturated heterocycles. The third-order valence-electron chi connectivity index (χ3n) is 3.85. The van der Waals surface area contributed by atoms with Crippen molar-refractivity contribution in [2.45, 2.75) is 6.92 Å². The van der Waals surface area contributed by atoms with E-state index in [1.54, 1.807) is 21.9 Å². The maximum Gasteiger partial charge on any atom is 0.248 e. The molecule has 1 heterocycles. The first-order valence-corrected chi connectivity index (χ1v) is 7.89. The molecule has 0 saturated carbocycles. The van der Waals surface area contributed by atoms with Gasteiger partial charge in [0.05, 0.1) is 0 Å². The highest BCUT2D eigenvalue weighted by molar-refractivity contribution is 6.32. The Kier molecular flexibility index (Phi) is 6.19. The van der Waals surface area contributed by atoms with Gasteiger partial charge in [0.1, 0.15) is 6.61 Å². The Morgan fingerprint density at radius 3 is 2.39 bits per heavy atom. The lowest BCUT2D eigenvalue weighted by atomic mass is 10.1. The van der Waals surface area contributed by atoms with Crippen molar-refractivity contribution in [3.63, 3.8) is 0 Å². The van der Waals surface area contributed by atoms with Crippen LogP contribution in [-0.4, -0.2) is 61.5 Å². The Morgan fingerprint density at radius 1 is 1.17 bits per heavy atom. The van der Waals surface area contributed by atoms with Crippen LogP contribution in [-0.2, 0) is 14.3 Å². The minimum atomic E-state index is -0.0544. The van der Waals surface area contributed by atoms with Crippen LogP contribution in [0.4, 0.5) is 0 Å². The zero-order valence-corrected chi connectivity index (χ0v) is 14.2. The molecule has 0 unspecified atom stereocenters. The van der Waals surface area contributed by atoms with Gasteiger partial charge in [-0.1, -0.05) is 29.8 Å². The van der Waals surface area contributed by atoms with Crippen LogP contribution in [0.25, 0.3) is 5.57 Å². The number of hydrogen-bond acceptors (Lipinski definition) is 3. The van der Waals surface area contributed by atoms with E-state index in [9.17, 15) is 9.59 Å². The van der Waals surface area contributed by atoms with Gasteiger partial charge in [0.15, 0.2) is 0 Å². The molecular weight excluding hydrogens is 316 g/mol. The number of allylic oxidation sites excluding steroid dienone is 1. The SMILES string of the molecule is COCC(=O)N1CCN(C(=O)/C=C(/C)c2ccccc2Cl)CC1. The van der Waals surface area contributed by atoms with Crippen LogP contribution in [0.5, 0.6) is 0 Å². The van der Waals surface area contributed by atoms with E-state index < -0.39 is 0 Å². The van der Waals surface area contributed by atoms with Crippen molar-refractivity contribution < 1.29 is 14.3 Å². The highest BCUT2D eigenvalue weighted by Gasteiger charge is 2.23. The van der Waals surface area contributed by atoms with Gasteiger partial charge < -0.3 is 14.5 Å². The fourth-order valence-electron chi connectivity index (χ4n) is 2.53. The Bertz CT molecular complexity index is 608. The van der Waals surface area contributed by atoms with Gasteiger partial charge in [-0.25, -0.2) is 0 Å². The molecule has 0 aliphatic carbocycles. The molecular formula is C17H21ClN2O3. The maximum absolute atomic E-state index is 12.4. The monoisotopic (exact) mass is 336 g/mol. The second kappa shape index (κ2) is 8.13. The molecule has 0 spiro atoms. The molecule has 0 N–H and O–H groups in total. The molecule has 2 amide bonds. The highest BCUT2D eigenvalue weighted by atomic mass is 35.5. The number of benzene rings is 1. The summed E-state index contributed by atoms with van der Waals surface area (Å²) in [4.78, 5) is 27.6. The lowest BCUT2D eigenvalue weighted by molar-refractivity contribution is -0.140. The molecule has 2 rings (SSSR count). The molecule has 0 aromatic heterocycles. The minimum Gasteiger partial charge on any atom is -0.375 e. The van der Waals surface area contributed by atoms with Gasteiger partial charge in [-0.3, -0.25) is 9.59 Å². The third-order valence-corrected chi connectivity index (χ3v) is 4.18. The smallest absolute Gasteiger partial charge is 0.248 e. The van der Waals surface area contributed by atoms with Crippen molar-refractivity contribution in [3.8, 4) is 0 Å². The summed E-state index contributed by atoms with van der Waals surface area (Å²) >= 11 is 6.15. The summed E-state index contributed by atoms with van der Waals surface area (Å²) in [6.45, 7) is 4.08. The van der Waals surface area contributed by atoms with E-state index in [4.69, 9.17) is 16.3 Å². The molecule has 1 aliphatic heterocycles. The zero-order chi connectivity index (χ0) is 16.8. The second-order valence-electron chi connectivity index (χ2n) is 5.45. The Morgan fingerprint density at radius 2 is 1.78 bits per heavy atom. The van der Waals surface area contributed by atoms with E-state index >= 15 is 0 Å². The lowest BCUT2D eigenvalue weighted by Crippen LogP contribution is -2.51. The normalized spacial score (nSPS) is 15.7. The predicted octanol–water partition coefficient (Wildman–Crippen LogP) is 2.06. The van der Waals surface area contributed by atoms with Crippen molar-refractivity contribution in [2.75, 3.05) is 39.9 Å². The summed E-state index contributed by atoms with van der Waals surface area (Å²) in [5, 5.41) is 0.629. The molecule has 1 aromatic carbocycles. The first kappa shape index (κ1) is 17.5. The van der Waals surface area contributed by atoms with Gasteiger partial charge in [0.2, 0.25) is 11.8 Å². The first-order valence-electron chi connectivity index (χ1n) is 7.51. The fourth-order valence-corrected chi connectivity index (χ4v) is 2.81. The number of methoxy groups -OCH3 is 1. The van der Waals surface area contributed by atoms with Gasteiger partial charge >= 0.3 is 0 Å². The number of rotatable bonds is 4. The quantitative estimate of drug-likeness (QED) is 0.791. The highest BCUT2D eigenvalue weighted by Crippen LogP contribution is 2.23. The minimum absolute atomic E-state index is 0.0395. The van der Waals surface area contributed by atoms with E-state index in [-0.39, 0.29) is 18.4 Å². The van der Waals surface area contributed by atoms with Gasteiger partial charge in [-0.05, 0) is 24.1 Å². The number of piperazine rings is 1. The van der Waals surface area contributed by atoms with Gasteiger partial charge in [-0.15, -0.1) is 0 Å². The van der Waals surface area contributed by atoms with E-state index in [2.05, 4.69) is 0 Å². The number of hydrogen-bond donors (Lipinski definition) is 0. The first-order chi connectivity index (χ1) is 11.0. The Hall–Kier alpha value is -1.85. The molecule has 0 radical (unpaired) electrons. The van der Waals surface area contributed by atoms with Crippen LogP contribution in [0.2, 0.25) is 5.02 Å². The van der Waals surface area contributed by atoms with Gasteiger partial charge in [0, 0.05) is 44.4 Å². The topological polar surface area (TPSA) is 49.9 Å². The molecule has 6 heteroatoms. The standard InChI is InChI=1S/C17H21ClN2O3/c1-13(14-5-3-4-6-15(14)18)11-16(21)19-7-9-20(10-8-19)17(22)12-23-2/h3-6,11H,7-10,12H2,1-2H3/b13-11-.